The molecule has 0 amide bonds. The largest absolute Gasteiger partial charge is 0.491 e. The average Bonchev–Trinajstić information content (AvgIpc) is 3.24. The quantitative estimate of drug-likeness (QED) is 0.507. The Balaban J connectivity index is 1.65. The number of nitrogens with zero attached hydrogens (tertiary/aromatic N) is 5. The van der Waals surface area contributed by atoms with E-state index in [-0.39, 0.29) is 12.0 Å². The van der Waals surface area contributed by atoms with Gasteiger partial charge in [0.2, 0.25) is 0 Å². The van der Waals surface area contributed by atoms with Crippen LogP contribution in [0.15, 0.2) is 30.6 Å². The number of ether oxygens (including phenoxy) is 1. The average molecular weight is 395 g/mol. The van der Waals surface area contributed by atoms with E-state index in [1.807, 2.05) is 63.0 Å². The molecule has 3 heterocycles. The number of nitrogens with one attached hydrogen (secondary N) is 1. The monoisotopic (exact) mass is 395 g/mol. The van der Waals surface area contributed by atoms with Crippen LogP contribution < -0.4 is 9.64 Å². The second kappa shape index (κ2) is 7.79. The third-order valence-corrected chi connectivity index (χ3v) is 4.95. The fourth-order valence-electron chi connectivity index (χ4n) is 3.71. The molecule has 2 aromatic heterocycles. The molecule has 1 fully saturated rings. The number of aliphatic hydroxyl groups is 1. The van der Waals surface area contributed by atoms with Crippen LogP contribution in [0.4, 0.5) is 5.82 Å². The fourth-order valence-corrected chi connectivity index (χ4v) is 3.71. The molecule has 152 valence electrons. The Hall–Kier alpha value is -3.00. The minimum atomic E-state index is -0.419. The summed E-state index contributed by atoms with van der Waals surface area (Å²) in [5.41, 5.74) is 2.42. The molecular formula is C21H27N6O2+. The number of anilines is 1. The van der Waals surface area contributed by atoms with Crippen molar-refractivity contribution in [3.63, 3.8) is 0 Å². The van der Waals surface area contributed by atoms with E-state index in [2.05, 4.69) is 25.1 Å². The van der Waals surface area contributed by atoms with Gasteiger partial charge in [-0.25, -0.2) is 14.5 Å². The lowest BCUT2D eigenvalue weighted by molar-refractivity contribution is -0.462. The summed E-state index contributed by atoms with van der Waals surface area (Å²) < 4.78 is 7.81. The molecule has 0 saturated carbocycles. The minimum absolute atomic E-state index is 0.0744. The molecule has 2 N–H and O–H groups in total. The Labute approximate surface area is 169 Å². The van der Waals surface area contributed by atoms with Gasteiger partial charge in [0.1, 0.15) is 43.9 Å². The predicted octanol–water partition coefficient (Wildman–Crippen LogP) is 1.95. The Morgan fingerprint density at radius 3 is 2.83 bits per heavy atom. The molecule has 8 heteroatoms. The summed E-state index contributed by atoms with van der Waals surface area (Å²) in [6.45, 7) is 5.26. The fraction of sp³-hybridized carbons (Fsp3) is 0.429. The molecule has 1 aliphatic rings. The normalized spacial score (nSPS) is 19.2. The van der Waals surface area contributed by atoms with Gasteiger partial charge < -0.3 is 14.7 Å². The van der Waals surface area contributed by atoms with Gasteiger partial charge in [0.05, 0.1) is 29.3 Å². The van der Waals surface area contributed by atoms with E-state index in [0.717, 1.165) is 33.9 Å². The Morgan fingerprint density at radius 1 is 1.24 bits per heavy atom. The molecule has 1 aliphatic heterocycles. The van der Waals surface area contributed by atoms with Crippen LogP contribution in [-0.2, 0) is 0 Å². The number of aromatic nitrogens is 4. The summed E-state index contributed by atoms with van der Waals surface area (Å²) in [5.74, 6) is 1.66. The number of aromatic amines is 1. The van der Waals surface area contributed by atoms with Crippen LogP contribution in [0.5, 0.6) is 5.75 Å². The molecule has 1 saturated heterocycles. The predicted molar refractivity (Wildman–Crippen MR) is 113 cm³/mol. The zero-order valence-electron chi connectivity index (χ0n) is 17.2. The van der Waals surface area contributed by atoms with Crippen LogP contribution in [0.25, 0.3) is 22.3 Å². The van der Waals surface area contributed by atoms with E-state index >= 15 is 0 Å². The molecule has 1 aromatic carbocycles. The van der Waals surface area contributed by atoms with Crippen molar-refractivity contribution in [3.8, 4) is 17.1 Å². The van der Waals surface area contributed by atoms with E-state index in [0.29, 0.717) is 13.1 Å². The second-order valence-corrected chi connectivity index (χ2v) is 7.96. The number of fused-ring (bicyclic) bond motifs is 1. The summed E-state index contributed by atoms with van der Waals surface area (Å²) in [6, 6.07) is 7.81. The summed E-state index contributed by atoms with van der Waals surface area (Å²) in [4.78, 5) is 11.0. The van der Waals surface area contributed by atoms with Gasteiger partial charge in [0.15, 0.2) is 0 Å². The number of β-amino-alcohol motifs (C(OH)–C–C–N with tert-alkyl or cyclic N) is 1. The van der Waals surface area contributed by atoms with Crippen LogP contribution in [0.2, 0.25) is 0 Å². The standard InChI is InChI=1S/C21H27N6O2/c1-13(2)29-15-5-6-17-16(7-15)21(25-24-17)18-8-20(23-12-22-18)27-10-14(9-26(3)4)19(28)11-27/h5-9,12-14,19,28H,10-11H2,1-4H3,(H,24,25)/q+1. The molecule has 2 atom stereocenters. The van der Waals surface area contributed by atoms with Gasteiger partial charge in [0.25, 0.3) is 0 Å². The topological polar surface area (TPSA) is 90.2 Å². The highest BCUT2D eigenvalue weighted by Gasteiger charge is 2.33. The lowest BCUT2D eigenvalue weighted by atomic mass is 10.1. The van der Waals surface area contributed by atoms with Gasteiger partial charge in [-0.3, -0.25) is 5.10 Å². The second-order valence-electron chi connectivity index (χ2n) is 7.96. The summed E-state index contributed by atoms with van der Waals surface area (Å²) in [6.07, 6.45) is 3.28. The lowest BCUT2D eigenvalue weighted by Crippen LogP contribution is -2.22. The van der Waals surface area contributed by atoms with Crippen molar-refractivity contribution in [1.82, 2.24) is 20.2 Å². The van der Waals surface area contributed by atoms with E-state index < -0.39 is 6.10 Å². The van der Waals surface area contributed by atoms with Gasteiger partial charge in [-0.1, -0.05) is 0 Å². The van der Waals surface area contributed by atoms with Crippen molar-refractivity contribution in [2.75, 3.05) is 32.1 Å². The van der Waals surface area contributed by atoms with E-state index in [1.165, 1.54) is 0 Å². The van der Waals surface area contributed by atoms with Crippen molar-refractivity contribution in [3.05, 3.63) is 30.6 Å². The molecule has 0 aliphatic carbocycles. The first-order valence-electron chi connectivity index (χ1n) is 9.82. The number of benzene rings is 1. The summed E-state index contributed by atoms with van der Waals surface area (Å²) in [7, 11) is 3.94. The molecule has 2 unspecified atom stereocenters. The number of aliphatic hydroxyl groups excluding tert-OH is 1. The van der Waals surface area contributed by atoms with Gasteiger partial charge in [-0.2, -0.15) is 5.10 Å². The maximum atomic E-state index is 10.4. The molecule has 3 aromatic rings. The molecule has 0 bridgehead atoms. The number of hydrogen-bond donors (Lipinski definition) is 2. The minimum Gasteiger partial charge on any atom is -0.491 e. The van der Waals surface area contributed by atoms with Crippen molar-refractivity contribution in [2.45, 2.75) is 26.1 Å². The maximum absolute atomic E-state index is 10.4. The smallest absolute Gasteiger partial charge is 0.146 e. The van der Waals surface area contributed by atoms with Crippen LogP contribution in [0, 0.1) is 5.92 Å². The first-order chi connectivity index (χ1) is 13.9. The van der Waals surface area contributed by atoms with Crippen molar-refractivity contribution < 1.29 is 14.4 Å². The zero-order valence-corrected chi connectivity index (χ0v) is 17.2. The van der Waals surface area contributed by atoms with E-state index in [1.54, 1.807) is 6.33 Å². The summed E-state index contributed by atoms with van der Waals surface area (Å²) in [5, 5.41) is 18.9. The van der Waals surface area contributed by atoms with Gasteiger partial charge in [0, 0.05) is 24.5 Å². The molecular weight excluding hydrogens is 368 g/mol. The van der Waals surface area contributed by atoms with Crippen molar-refractivity contribution in [2.24, 2.45) is 5.92 Å². The maximum Gasteiger partial charge on any atom is 0.146 e. The Kier molecular flexibility index (Phi) is 5.19. The molecule has 0 radical (unpaired) electrons. The molecule has 0 spiro atoms. The van der Waals surface area contributed by atoms with Crippen LogP contribution >= 0.6 is 0 Å². The van der Waals surface area contributed by atoms with Gasteiger partial charge in [-0.15, -0.1) is 0 Å². The van der Waals surface area contributed by atoms with Crippen LogP contribution in [0.1, 0.15) is 13.8 Å². The Bertz CT molecular complexity index is 1040. The van der Waals surface area contributed by atoms with Crippen molar-refractivity contribution >= 4 is 22.9 Å². The first-order valence-corrected chi connectivity index (χ1v) is 9.82. The highest BCUT2D eigenvalue weighted by molar-refractivity contribution is 5.93. The third-order valence-electron chi connectivity index (χ3n) is 4.95. The highest BCUT2D eigenvalue weighted by atomic mass is 16.5. The van der Waals surface area contributed by atoms with Crippen molar-refractivity contribution in [1.29, 1.82) is 0 Å². The first kappa shape index (κ1) is 19.3. The van der Waals surface area contributed by atoms with E-state index in [9.17, 15) is 5.11 Å². The lowest BCUT2D eigenvalue weighted by Gasteiger charge is -2.16. The number of H-pyrrole nitrogens is 1. The van der Waals surface area contributed by atoms with Crippen LogP contribution in [-0.4, -0.2) is 75.5 Å². The highest BCUT2D eigenvalue weighted by Crippen LogP contribution is 2.30. The molecule has 8 nitrogen and oxygen atoms in total. The number of rotatable bonds is 5. The molecule has 29 heavy (non-hydrogen) atoms. The zero-order chi connectivity index (χ0) is 20.5. The SMILES string of the molecule is CC(C)Oc1ccc2[nH]nc(-c3cc(N4CC(O)C(C=[N+](C)C)C4)ncn3)c2c1. The summed E-state index contributed by atoms with van der Waals surface area (Å²) >= 11 is 0. The third kappa shape index (κ3) is 4.07. The van der Waals surface area contributed by atoms with E-state index in [4.69, 9.17) is 4.74 Å². The Morgan fingerprint density at radius 2 is 2.07 bits per heavy atom. The molecule has 4 rings (SSSR count). The van der Waals surface area contributed by atoms with Gasteiger partial charge in [-0.05, 0) is 32.0 Å². The van der Waals surface area contributed by atoms with Gasteiger partial charge >= 0.3 is 0 Å². The number of hydrogen-bond acceptors (Lipinski definition) is 6. The van der Waals surface area contributed by atoms with Crippen LogP contribution in [0.3, 0.4) is 0 Å².